The molecule has 0 fully saturated rings. The fraction of sp³-hybridized carbons (Fsp3) is 0.750. The number of hydrogen-bond acceptors (Lipinski definition) is 3. The van der Waals surface area contributed by atoms with Crippen LogP contribution in [0.4, 0.5) is 0 Å². The lowest BCUT2D eigenvalue weighted by atomic mass is 10.1. The smallest absolute Gasteiger partial charge is 0.191 e. The third-order valence-electron chi connectivity index (χ3n) is 3.58. The molecule has 1 atom stereocenters. The van der Waals surface area contributed by atoms with Gasteiger partial charge in [-0.3, -0.25) is 4.99 Å². The molecular formula is C16H30N4S. The summed E-state index contributed by atoms with van der Waals surface area (Å²) in [7, 11) is 0. The molecule has 4 nitrogen and oxygen atoms in total. The van der Waals surface area contributed by atoms with Crippen molar-refractivity contribution in [2.75, 3.05) is 13.1 Å². The molecule has 21 heavy (non-hydrogen) atoms. The van der Waals surface area contributed by atoms with Crippen molar-refractivity contribution in [2.24, 2.45) is 10.9 Å². The lowest BCUT2D eigenvalue weighted by molar-refractivity contribution is 0.481. The minimum Gasteiger partial charge on any atom is -0.357 e. The summed E-state index contributed by atoms with van der Waals surface area (Å²) in [6.07, 6.45) is 1.93. The Labute approximate surface area is 133 Å². The molecule has 0 aliphatic carbocycles. The van der Waals surface area contributed by atoms with Crippen molar-refractivity contribution in [3.05, 3.63) is 15.6 Å². The molecule has 1 heterocycles. The first-order chi connectivity index (χ1) is 9.97. The molecule has 120 valence electrons. The molecule has 1 unspecified atom stereocenters. The van der Waals surface area contributed by atoms with Crippen LogP contribution in [0.5, 0.6) is 0 Å². The minimum absolute atomic E-state index is 0.414. The molecule has 1 rings (SSSR count). The zero-order chi connectivity index (χ0) is 15.8. The highest BCUT2D eigenvalue weighted by Crippen LogP contribution is 2.18. The van der Waals surface area contributed by atoms with Crippen LogP contribution >= 0.6 is 11.3 Å². The van der Waals surface area contributed by atoms with Gasteiger partial charge in [-0.1, -0.05) is 20.8 Å². The van der Waals surface area contributed by atoms with Crippen LogP contribution in [0, 0.1) is 12.8 Å². The highest BCUT2D eigenvalue weighted by atomic mass is 32.1. The minimum atomic E-state index is 0.414. The summed E-state index contributed by atoms with van der Waals surface area (Å²) >= 11 is 1.80. The van der Waals surface area contributed by atoms with E-state index < -0.39 is 0 Å². The molecule has 2 N–H and O–H groups in total. The van der Waals surface area contributed by atoms with E-state index >= 15 is 0 Å². The summed E-state index contributed by atoms with van der Waals surface area (Å²) in [5.41, 5.74) is 1.23. The lowest BCUT2D eigenvalue weighted by Crippen LogP contribution is -2.44. The molecular weight excluding hydrogens is 280 g/mol. The Hall–Kier alpha value is -1.10. The summed E-state index contributed by atoms with van der Waals surface area (Å²) < 4.78 is 0. The van der Waals surface area contributed by atoms with E-state index in [2.05, 4.69) is 62.2 Å². The Morgan fingerprint density at radius 3 is 2.52 bits per heavy atom. The normalized spacial score (nSPS) is 13.6. The fourth-order valence-corrected chi connectivity index (χ4v) is 2.90. The van der Waals surface area contributed by atoms with Gasteiger partial charge in [0.2, 0.25) is 0 Å². The van der Waals surface area contributed by atoms with Gasteiger partial charge in [0.05, 0.1) is 10.7 Å². The average Bonchev–Trinajstić information content (AvgIpc) is 2.79. The van der Waals surface area contributed by atoms with E-state index in [1.165, 1.54) is 15.6 Å². The van der Waals surface area contributed by atoms with Crippen LogP contribution in [0.15, 0.2) is 4.99 Å². The Balaban J connectivity index is 2.57. The standard InChI is InChI=1S/C16H30N4S/c1-7-14-13(6)21-15(20-14)9-10-18-16(17-8-2)19-12(5)11(3)4/h11-12H,7-10H2,1-6H3,(H2,17,18,19). The van der Waals surface area contributed by atoms with Gasteiger partial charge < -0.3 is 10.6 Å². The van der Waals surface area contributed by atoms with Gasteiger partial charge in [-0.15, -0.1) is 11.3 Å². The summed E-state index contributed by atoms with van der Waals surface area (Å²) in [5.74, 6) is 1.49. The largest absolute Gasteiger partial charge is 0.357 e. The van der Waals surface area contributed by atoms with Crippen LogP contribution in [0.1, 0.15) is 50.2 Å². The van der Waals surface area contributed by atoms with Crippen LogP contribution in [0.25, 0.3) is 0 Å². The predicted octanol–water partition coefficient (Wildman–Crippen LogP) is 3.16. The number of rotatable bonds is 7. The molecule has 0 aliphatic rings. The molecule has 0 radical (unpaired) electrons. The summed E-state index contributed by atoms with van der Waals surface area (Å²) in [6, 6.07) is 0.414. The van der Waals surface area contributed by atoms with Gasteiger partial charge in [-0.05, 0) is 33.1 Å². The number of aliphatic imine (C=N–C) groups is 1. The number of hydrogen-bond donors (Lipinski definition) is 2. The van der Waals surface area contributed by atoms with Gasteiger partial charge >= 0.3 is 0 Å². The first-order valence-electron chi connectivity index (χ1n) is 7.97. The van der Waals surface area contributed by atoms with Crippen molar-refractivity contribution >= 4 is 17.3 Å². The van der Waals surface area contributed by atoms with Crippen LogP contribution in [-0.4, -0.2) is 30.1 Å². The van der Waals surface area contributed by atoms with Crippen LogP contribution in [0.3, 0.4) is 0 Å². The highest BCUT2D eigenvalue weighted by Gasteiger charge is 2.09. The number of nitrogens with zero attached hydrogens (tertiary/aromatic N) is 2. The van der Waals surface area contributed by atoms with Crippen molar-refractivity contribution < 1.29 is 0 Å². The topological polar surface area (TPSA) is 49.3 Å². The first kappa shape index (κ1) is 18.0. The average molecular weight is 311 g/mol. The van der Waals surface area contributed by atoms with E-state index in [0.29, 0.717) is 12.0 Å². The number of thiazole rings is 1. The third kappa shape index (κ3) is 6.04. The quantitative estimate of drug-likeness (QED) is 0.601. The van der Waals surface area contributed by atoms with Gasteiger partial charge in [0, 0.05) is 30.4 Å². The highest BCUT2D eigenvalue weighted by molar-refractivity contribution is 7.11. The zero-order valence-corrected chi connectivity index (χ0v) is 15.1. The van der Waals surface area contributed by atoms with Crippen molar-refractivity contribution in [3.8, 4) is 0 Å². The molecule has 0 aromatic carbocycles. The molecule has 0 saturated carbocycles. The third-order valence-corrected chi connectivity index (χ3v) is 4.65. The second-order valence-corrected chi connectivity index (χ2v) is 6.94. The molecule has 1 aromatic rings. The number of aryl methyl sites for hydroxylation is 2. The van der Waals surface area contributed by atoms with E-state index in [1.807, 2.05) is 0 Å². The fourth-order valence-electron chi connectivity index (χ4n) is 1.89. The Morgan fingerprint density at radius 1 is 1.29 bits per heavy atom. The number of nitrogens with one attached hydrogen (secondary N) is 2. The van der Waals surface area contributed by atoms with E-state index in [1.54, 1.807) is 11.3 Å². The lowest BCUT2D eigenvalue weighted by Gasteiger charge is -2.20. The molecule has 0 bridgehead atoms. The first-order valence-corrected chi connectivity index (χ1v) is 8.79. The van der Waals surface area contributed by atoms with Crippen molar-refractivity contribution in [3.63, 3.8) is 0 Å². The maximum absolute atomic E-state index is 4.67. The van der Waals surface area contributed by atoms with E-state index in [9.17, 15) is 0 Å². The van der Waals surface area contributed by atoms with Gasteiger partial charge in [0.1, 0.15) is 0 Å². The maximum Gasteiger partial charge on any atom is 0.191 e. The maximum atomic E-state index is 4.67. The molecule has 5 heteroatoms. The predicted molar refractivity (Wildman–Crippen MR) is 93.3 cm³/mol. The summed E-state index contributed by atoms with van der Waals surface area (Å²) in [4.78, 5) is 10.7. The van der Waals surface area contributed by atoms with E-state index in [0.717, 1.165) is 31.9 Å². The van der Waals surface area contributed by atoms with Gasteiger partial charge in [-0.2, -0.15) is 0 Å². The second-order valence-electron chi connectivity index (χ2n) is 5.65. The monoisotopic (exact) mass is 310 g/mol. The Morgan fingerprint density at radius 2 is 2.00 bits per heavy atom. The molecule has 0 aliphatic heterocycles. The van der Waals surface area contributed by atoms with E-state index in [4.69, 9.17) is 0 Å². The van der Waals surface area contributed by atoms with Crippen molar-refractivity contribution in [2.45, 2.75) is 60.4 Å². The van der Waals surface area contributed by atoms with Crippen LogP contribution in [-0.2, 0) is 12.8 Å². The number of guanidine groups is 1. The Kier molecular flexibility index (Phi) is 7.72. The SMILES string of the molecule is CCNC(=NCCc1nc(CC)c(C)s1)NC(C)C(C)C. The van der Waals surface area contributed by atoms with Crippen molar-refractivity contribution in [1.82, 2.24) is 15.6 Å². The second kappa shape index (κ2) is 9.03. The summed E-state index contributed by atoms with van der Waals surface area (Å²) in [6.45, 7) is 14.7. The molecule has 0 saturated heterocycles. The van der Waals surface area contributed by atoms with Crippen molar-refractivity contribution in [1.29, 1.82) is 0 Å². The van der Waals surface area contributed by atoms with Gasteiger partial charge in [0.25, 0.3) is 0 Å². The van der Waals surface area contributed by atoms with Gasteiger partial charge in [-0.25, -0.2) is 4.98 Å². The molecule has 0 amide bonds. The van der Waals surface area contributed by atoms with E-state index in [-0.39, 0.29) is 0 Å². The van der Waals surface area contributed by atoms with Crippen LogP contribution in [0.2, 0.25) is 0 Å². The van der Waals surface area contributed by atoms with Crippen LogP contribution < -0.4 is 10.6 Å². The Bertz CT molecular complexity index is 451. The molecule has 1 aromatic heterocycles. The molecule has 0 spiro atoms. The summed E-state index contributed by atoms with van der Waals surface area (Å²) in [5, 5.41) is 7.95. The zero-order valence-electron chi connectivity index (χ0n) is 14.3. The number of aromatic nitrogens is 1. The van der Waals surface area contributed by atoms with Gasteiger partial charge in [0.15, 0.2) is 5.96 Å².